The second-order valence-electron chi connectivity index (χ2n) is 3.11. The van der Waals surface area contributed by atoms with E-state index in [9.17, 15) is 9.18 Å². The molecule has 0 bridgehead atoms. The van der Waals surface area contributed by atoms with Crippen LogP contribution in [0.15, 0.2) is 30.3 Å². The quantitative estimate of drug-likeness (QED) is 0.701. The van der Waals surface area contributed by atoms with E-state index < -0.39 is 0 Å². The predicted octanol–water partition coefficient (Wildman–Crippen LogP) is 2.48. The monoisotopic (exact) mass is 211 g/mol. The van der Waals surface area contributed by atoms with Crippen molar-refractivity contribution in [2.45, 2.75) is 19.8 Å². The molecule has 0 atom stereocenters. The van der Waals surface area contributed by atoms with E-state index in [0.717, 1.165) is 19.4 Å². The molecule has 15 heavy (non-hydrogen) atoms. The smallest absolute Gasteiger partial charge is 0.220 e. The number of carbonyl (C=O) groups excluding carboxylic acids is 1. The highest BCUT2D eigenvalue weighted by Gasteiger charge is 2.05. The van der Waals surface area contributed by atoms with Crippen LogP contribution in [0.1, 0.15) is 18.4 Å². The van der Waals surface area contributed by atoms with Crippen molar-refractivity contribution in [3.05, 3.63) is 35.9 Å². The van der Waals surface area contributed by atoms with Crippen molar-refractivity contribution >= 4 is 5.91 Å². The van der Waals surface area contributed by atoms with Crippen molar-refractivity contribution in [2.75, 3.05) is 13.7 Å². The molecule has 1 aromatic carbocycles. The second-order valence-corrected chi connectivity index (χ2v) is 3.11. The number of rotatable bonds is 0. The zero-order chi connectivity index (χ0) is 11.5. The summed E-state index contributed by atoms with van der Waals surface area (Å²) >= 11 is 0. The molecule has 84 valence electrons. The standard InChI is InChI=1S/C7H8.C4H7NO.CH3F/c1-7-5-3-2-4-6-7;6-4-2-1-3-5-4;1-2/h2-6H,1H3;1-3H2,(H,5,6);1H3. The molecule has 2 nitrogen and oxygen atoms in total. The van der Waals surface area contributed by atoms with Crippen LogP contribution in [0.5, 0.6) is 0 Å². The van der Waals surface area contributed by atoms with Crippen molar-refractivity contribution in [2.24, 2.45) is 0 Å². The number of hydrogen-bond donors (Lipinski definition) is 1. The van der Waals surface area contributed by atoms with Gasteiger partial charge in [-0.25, -0.2) is 0 Å². The Morgan fingerprint density at radius 3 is 2.00 bits per heavy atom. The van der Waals surface area contributed by atoms with E-state index in [1.807, 2.05) is 18.2 Å². The Kier molecular flexibility index (Phi) is 8.34. The van der Waals surface area contributed by atoms with Gasteiger partial charge in [-0.1, -0.05) is 35.9 Å². The fourth-order valence-electron chi connectivity index (χ4n) is 1.10. The first-order valence-electron chi connectivity index (χ1n) is 4.95. The molecule has 0 unspecified atom stereocenters. The maximum Gasteiger partial charge on any atom is 0.220 e. The van der Waals surface area contributed by atoms with Crippen LogP contribution in [0.2, 0.25) is 0 Å². The Bertz CT molecular complexity index is 254. The van der Waals surface area contributed by atoms with E-state index in [-0.39, 0.29) is 5.91 Å². The van der Waals surface area contributed by atoms with Crippen molar-refractivity contribution < 1.29 is 9.18 Å². The summed E-state index contributed by atoms with van der Waals surface area (Å²) in [5.41, 5.74) is 1.32. The lowest BCUT2D eigenvalue weighted by Crippen LogP contribution is -2.12. The van der Waals surface area contributed by atoms with Gasteiger partial charge in [0.1, 0.15) is 0 Å². The largest absolute Gasteiger partial charge is 0.356 e. The molecule has 3 heteroatoms. The molecule has 1 amide bonds. The average Bonchev–Trinajstić information content (AvgIpc) is 2.74. The minimum absolute atomic E-state index is 0.204. The Labute approximate surface area is 90.5 Å². The molecular weight excluding hydrogens is 193 g/mol. The highest BCUT2D eigenvalue weighted by molar-refractivity contribution is 5.77. The van der Waals surface area contributed by atoms with Crippen molar-refractivity contribution in [3.8, 4) is 0 Å². The molecule has 0 saturated carbocycles. The van der Waals surface area contributed by atoms with Gasteiger partial charge >= 0.3 is 0 Å². The van der Waals surface area contributed by atoms with Crippen LogP contribution in [-0.2, 0) is 4.79 Å². The van der Waals surface area contributed by atoms with Crippen molar-refractivity contribution in [3.63, 3.8) is 0 Å². The molecule has 1 aliphatic heterocycles. The molecule has 1 fully saturated rings. The van der Waals surface area contributed by atoms with Gasteiger partial charge in [0.25, 0.3) is 0 Å². The van der Waals surface area contributed by atoms with Crippen LogP contribution in [0.3, 0.4) is 0 Å². The van der Waals surface area contributed by atoms with Crippen LogP contribution >= 0.6 is 0 Å². The third-order valence-corrected chi connectivity index (χ3v) is 1.84. The zero-order valence-corrected chi connectivity index (χ0v) is 9.29. The van der Waals surface area contributed by atoms with Crippen LogP contribution < -0.4 is 5.32 Å². The lowest BCUT2D eigenvalue weighted by Gasteiger charge is -1.82. The summed E-state index contributed by atoms with van der Waals surface area (Å²) in [6, 6.07) is 10.3. The number of hydrogen-bond acceptors (Lipinski definition) is 1. The van der Waals surface area contributed by atoms with Gasteiger partial charge in [0, 0.05) is 13.0 Å². The van der Waals surface area contributed by atoms with E-state index in [4.69, 9.17) is 0 Å². The molecule has 0 aromatic heterocycles. The fraction of sp³-hybridized carbons (Fsp3) is 0.417. The maximum atomic E-state index is 10.1. The van der Waals surface area contributed by atoms with Gasteiger partial charge in [-0.15, -0.1) is 0 Å². The van der Waals surface area contributed by atoms with Crippen LogP contribution in [0, 0.1) is 6.92 Å². The summed E-state index contributed by atoms with van der Waals surface area (Å²) in [7, 11) is 0.500. The molecule has 1 aliphatic rings. The summed E-state index contributed by atoms with van der Waals surface area (Å²) in [5.74, 6) is 0.204. The highest BCUT2D eigenvalue weighted by atomic mass is 19.1. The molecule has 1 heterocycles. The van der Waals surface area contributed by atoms with Crippen LogP contribution in [0.4, 0.5) is 4.39 Å². The fourth-order valence-corrected chi connectivity index (χ4v) is 1.10. The molecule has 1 N–H and O–H groups in total. The number of aryl methyl sites for hydroxylation is 1. The van der Waals surface area contributed by atoms with Gasteiger partial charge in [0.2, 0.25) is 5.91 Å². The van der Waals surface area contributed by atoms with E-state index in [1.54, 1.807) is 0 Å². The van der Waals surface area contributed by atoms with Gasteiger partial charge < -0.3 is 5.32 Å². The third kappa shape index (κ3) is 7.67. The van der Waals surface area contributed by atoms with Crippen LogP contribution in [0.25, 0.3) is 0 Å². The Balaban J connectivity index is 0.000000227. The van der Waals surface area contributed by atoms with Crippen LogP contribution in [-0.4, -0.2) is 19.6 Å². The third-order valence-electron chi connectivity index (χ3n) is 1.84. The maximum absolute atomic E-state index is 10.1. The lowest BCUT2D eigenvalue weighted by molar-refractivity contribution is -0.119. The Morgan fingerprint density at radius 1 is 1.20 bits per heavy atom. The first-order chi connectivity index (χ1) is 7.29. The summed E-state index contributed by atoms with van der Waals surface area (Å²) in [4.78, 5) is 10.1. The SMILES string of the molecule is CF.Cc1ccccc1.O=C1CCCN1. The van der Waals surface area contributed by atoms with E-state index in [1.165, 1.54) is 5.56 Å². The minimum atomic E-state index is 0.204. The molecule has 0 aliphatic carbocycles. The Hall–Kier alpha value is -1.38. The molecule has 1 saturated heterocycles. The topological polar surface area (TPSA) is 29.1 Å². The number of nitrogens with one attached hydrogen (secondary N) is 1. The predicted molar refractivity (Wildman–Crippen MR) is 60.5 cm³/mol. The Morgan fingerprint density at radius 2 is 1.80 bits per heavy atom. The summed E-state index contributed by atoms with van der Waals surface area (Å²) in [5, 5.41) is 2.68. The van der Waals surface area contributed by atoms with Gasteiger partial charge in [0.15, 0.2) is 0 Å². The molecule has 2 rings (SSSR count). The van der Waals surface area contributed by atoms with E-state index in [0.29, 0.717) is 7.18 Å². The van der Waals surface area contributed by atoms with Gasteiger partial charge in [-0.2, -0.15) is 0 Å². The number of carbonyl (C=O) groups is 1. The normalized spacial score (nSPS) is 12.9. The lowest BCUT2D eigenvalue weighted by atomic mass is 10.2. The number of amides is 1. The van der Waals surface area contributed by atoms with E-state index in [2.05, 4.69) is 24.4 Å². The summed E-state index contributed by atoms with van der Waals surface area (Å²) in [6.45, 7) is 2.97. The van der Waals surface area contributed by atoms with Crippen molar-refractivity contribution in [1.29, 1.82) is 0 Å². The summed E-state index contributed by atoms with van der Waals surface area (Å²) < 4.78 is 9.50. The average molecular weight is 211 g/mol. The zero-order valence-electron chi connectivity index (χ0n) is 9.29. The van der Waals surface area contributed by atoms with Gasteiger partial charge in [-0.3, -0.25) is 9.18 Å². The number of alkyl halides is 1. The second kappa shape index (κ2) is 9.19. The molecule has 0 spiro atoms. The van der Waals surface area contributed by atoms with Gasteiger partial charge in [-0.05, 0) is 13.3 Å². The first kappa shape index (κ1) is 13.6. The minimum Gasteiger partial charge on any atom is -0.356 e. The van der Waals surface area contributed by atoms with E-state index >= 15 is 0 Å². The molecular formula is C12H18FNO. The number of benzene rings is 1. The van der Waals surface area contributed by atoms with Gasteiger partial charge in [0.05, 0.1) is 7.18 Å². The first-order valence-corrected chi connectivity index (χ1v) is 4.95. The molecule has 0 radical (unpaired) electrons. The number of halogens is 1. The summed E-state index contributed by atoms with van der Waals surface area (Å²) in [6.07, 6.45) is 1.76. The highest BCUT2D eigenvalue weighted by Crippen LogP contribution is 1.93. The van der Waals surface area contributed by atoms with Crippen molar-refractivity contribution in [1.82, 2.24) is 5.32 Å². The molecule has 1 aromatic rings.